The number of aliphatic hydroxyl groups excluding tert-OH is 1. The summed E-state index contributed by atoms with van der Waals surface area (Å²) >= 11 is 5.40. The lowest BCUT2D eigenvalue weighted by Crippen LogP contribution is -2.18. The molecule has 1 aliphatic rings. The first-order valence-corrected chi connectivity index (χ1v) is 7.23. The summed E-state index contributed by atoms with van der Waals surface area (Å²) in [6.07, 6.45) is 2.00. The molecule has 1 N–H and O–H groups in total. The van der Waals surface area contributed by atoms with E-state index in [0.29, 0.717) is 5.92 Å². The molecule has 0 spiro atoms. The summed E-state index contributed by atoms with van der Waals surface area (Å²) in [5, 5.41) is 10.2. The van der Waals surface area contributed by atoms with E-state index in [1.165, 1.54) is 11.5 Å². The van der Waals surface area contributed by atoms with Gasteiger partial charge in [0, 0.05) is 4.47 Å². The predicted octanol–water partition coefficient (Wildman–Crippen LogP) is 3.63. The largest absolute Gasteiger partial charge is 0.388 e. The standard InChI is InChI=1S/C12H15BrOS/c13-11-3-1-9(2-4-11)12(14)10-5-7-15-8-6-10/h1-4,10,12,14H,5-8H2. The third-order valence-corrected chi connectivity index (χ3v) is 4.50. The van der Waals surface area contributed by atoms with Gasteiger partial charge < -0.3 is 5.11 Å². The maximum atomic E-state index is 10.2. The van der Waals surface area contributed by atoms with Gasteiger partial charge in [-0.15, -0.1) is 0 Å². The highest BCUT2D eigenvalue weighted by molar-refractivity contribution is 9.10. The molecule has 1 unspecified atom stereocenters. The third-order valence-electron chi connectivity index (χ3n) is 2.92. The molecule has 0 saturated carbocycles. The summed E-state index contributed by atoms with van der Waals surface area (Å²) in [6.45, 7) is 0. The number of benzene rings is 1. The SMILES string of the molecule is OC(c1ccc(Br)cc1)C1CCSCC1. The lowest BCUT2D eigenvalue weighted by Gasteiger charge is -2.26. The molecule has 1 aliphatic heterocycles. The van der Waals surface area contributed by atoms with Crippen molar-refractivity contribution in [2.75, 3.05) is 11.5 Å². The number of thioether (sulfide) groups is 1. The topological polar surface area (TPSA) is 20.2 Å². The second kappa shape index (κ2) is 5.37. The highest BCUT2D eigenvalue weighted by atomic mass is 79.9. The van der Waals surface area contributed by atoms with Crippen molar-refractivity contribution in [2.45, 2.75) is 18.9 Å². The Kier molecular flexibility index (Phi) is 4.12. The summed E-state index contributed by atoms with van der Waals surface area (Å²) in [7, 11) is 0. The summed E-state index contributed by atoms with van der Waals surface area (Å²) in [5.74, 6) is 2.84. The molecular formula is C12H15BrOS. The Morgan fingerprint density at radius 2 is 1.80 bits per heavy atom. The van der Waals surface area contributed by atoms with Crippen molar-refractivity contribution in [3.05, 3.63) is 34.3 Å². The summed E-state index contributed by atoms with van der Waals surface area (Å²) in [4.78, 5) is 0. The van der Waals surface area contributed by atoms with Crippen LogP contribution in [0.15, 0.2) is 28.7 Å². The van der Waals surface area contributed by atoms with Crippen LogP contribution in [0.3, 0.4) is 0 Å². The van der Waals surface area contributed by atoms with Crippen molar-refractivity contribution in [2.24, 2.45) is 5.92 Å². The fourth-order valence-corrected chi connectivity index (χ4v) is 3.37. The van der Waals surface area contributed by atoms with Gasteiger partial charge in [0.15, 0.2) is 0 Å². The monoisotopic (exact) mass is 286 g/mol. The van der Waals surface area contributed by atoms with Gasteiger partial charge >= 0.3 is 0 Å². The fraction of sp³-hybridized carbons (Fsp3) is 0.500. The molecule has 1 nitrogen and oxygen atoms in total. The maximum absolute atomic E-state index is 10.2. The molecule has 2 rings (SSSR count). The van der Waals surface area contributed by atoms with E-state index in [2.05, 4.69) is 15.9 Å². The van der Waals surface area contributed by atoms with E-state index in [0.717, 1.165) is 22.9 Å². The Labute approximate surface area is 103 Å². The van der Waals surface area contributed by atoms with E-state index in [9.17, 15) is 5.11 Å². The van der Waals surface area contributed by atoms with Crippen LogP contribution in [0.1, 0.15) is 24.5 Å². The number of halogens is 1. The average Bonchev–Trinajstić information content (AvgIpc) is 2.30. The van der Waals surface area contributed by atoms with Crippen molar-refractivity contribution >= 4 is 27.7 Å². The van der Waals surface area contributed by atoms with Crippen LogP contribution in [-0.2, 0) is 0 Å². The number of hydrogen-bond donors (Lipinski definition) is 1. The van der Waals surface area contributed by atoms with Crippen LogP contribution >= 0.6 is 27.7 Å². The molecule has 82 valence electrons. The van der Waals surface area contributed by atoms with Crippen LogP contribution in [-0.4, -0.2) is 16.6 Å². The zero-order valence-electron chi connectivity index (χ0n) is 8.53. The minimum Gasteiger partial charge on any atom is -0.388 e. The van der Waals surface area contributed by atoms with Gasteiger partial charge in [0.05, 0.1) is 6.10 Å². The molecule has 15 heavy (non-hydrogen) atoms. The van der Waals surface area contributed by atoms with Gasteiger partial charge in [0.2, 0.25) is 0 Å². The van der Waals surface area contributed by atoms with Crippen molar-refractivity contribution in [1.29, 1.82) is 0 Å². The first-order chi connectivity index (χ1) is 7.27. The van der Waals surface area contributed by atoms with Crippen molar-refractivity contribution in [3.63, 3.8) is 0 Å². The molecule has 0 amide bonds. The van der Waals surface area contributed by atoms with E-state index < -0.39 is 0 Å². The smallest absolute Gasteiger partial charge is 0.0818 e. The Hall–Kier alpha value is 0.01000. The van der Waals surface area contributed by atoms with Crippen LogP contribution in [0.2, 0.25) is 0 Å². The van der Waals surface area contributed by atoms with Crippen LogP contribution in [0.25, 0.3) is 0 Å². The predicted molar refractivity (Wildman–Crippen MR) is 69.2 cm³/mol. The molecule has 1 heterocycles. The molecule has 1 aromatic carbocycles. The van der Waals surface area contributed by atoms with E-state index >= 15 is 0 Å². The highest BCUT2D eigenvalue weighted by Crippen LogP contribution is 2.33. The minimum atomic E-state index is -0.279. The summed E-state index contributed by atoms with van der Waals surface area (Å²) in [5.41, 5.74) is 1.05. The van der Waals surface area contributed by atoms with E-state index in [4.69, 9.17) is 0 Å². The zero-order chi connectivity index (χ0) is 10.7. The molecule has 1 aromatic rings. The number of rotatable bonds is 2. The van der Waals surface area contributed by atoms with Gasteiger partial charge in [-0.2, -0.15) is 11.8 Å². The zero-order valence-corrected chi connectivity index (χ0v) is 10.9. The van der Waals surface area contributed by atoms with Crippen LogP contribution < -0.4 is 0 Å². The quantitative estimate of drug-likeness (QED) is 0.896. The second-order valence-corrected chi connectivity index (χ2v) is 6.09. The second-order valence-electron chi connectivity index (χ2n) is 3.95. The molecule has 1 fully saturated rings. The Bertz CT molecular complexity index is 306. The number of hydrogen-bond acceptors (Lipinski definition) is 2. The molecular weight excluding hydrogens is 272 g/mol. The molecule has 3 heteroatoms. The highest BCUT2D eigenvalue weighted by Gasteiger charge is 2.22. The van der Waals surface area contributed by atoms with Crippen LogP contribution in [0.5, 0.6) is 0 Å². The van der Waals surface area contributed by atoms with Crippen molar-refractivity contribution in [1.82, 2.24) is 0 Å². The fourth-order valence-electron chi connectivity index (χ4n) is 1.96. The first-order valence-electron chi connectivity index (χ1n) is 5.28. The molecule has 1 saturated heterocycles. The lowest BCUT2D eigenvalue weighted by molar-refractivity contribution is 0.103. The molecule has 0 aliphatic carbocycles. The van der Waals surface area contributed by atoms with Crippen LogP contribution in [0.4, 0.5) is 0 Å². The van der Waals surface area contributed by atoms with Gasteiger partial charge in [0.25, 0.3) is 0 Å². The summed E-state index contributed by atoms with van der Waals surface area (Å²) < 4.78 is 1.07. The van der Waals surface area contributed by atoms with E-state index in [-0.39, 0.29) is 6.10 Å². The van der Waals surface area contributed by atoms with Crippen molar-refractivity contribution in [3.8, 4) is 0 Å². The van der Waals surface area contributed by atoms with Crippen molar-refractivity contribution < 1.29 is 5.11 Å². The maximum Gasteiger partial charge on any atom is 0.0818 e. The van der Waals surface area contributed by atoms with Crippen LogP contribution in [0, 0.1) is 5.92 Å². The minimum absolute atomic E-state index is 0.279. The Morgan fingerprint density at radius 3 is 2.40 bits per heavy atom. The average molecular weight is 287 g/mol. The Morgan fingerprint density at radius 1 is 1.20 bits per heavy atom. The summed E-state index contributed by atoms with van der Waals surface area (Å²) in [6, 6.07) is 8.01. The molecule has 1 atom stereocenters. The van der Waals surface area contributed by atoms with E-state index in [1.807, 2.05) is 36.0 Å². The third kappa shape index (κ3) is 2.99. The molecule has 0 radical (unpaired) electrons. The Balaban J connectivity index is 2.05. The normalized spacial score (nSPS) is 20.1. The molecule has 0 aromatic heterocycles. The van der Waals surface area contributed by atoms with Gasteiger partial charge in [0.1, 0.15) is 0 Å². The van der Waals surface area contributed by atoms with Gasteiger partial charge in [-0.05, 0) is 48.0 Å². The van der Waals surface area contributed by atoms with E-state index in [1.54, 1.807) is 0 Å². The van der Waals surface area contributed by atoms with Gasteiger partial charge in [-0.3, -0.25) is 0 Å². The first kappa shape index (κ1) is 11.5. The molecule has 0 bridgehead atoms. The number of aliphatic hydroxyl groups is 1. The lowest BCUT2D eigenvalue weighted by atomic mass is 9.91. The van der Waals surface area contributed by atoms with Gasteiger partial charge in [-0.1, -0.05) is 28.1 Å². The van der Waals surface area contributed by atoms with Gasteiger partial charge in [-0.25, -0.2) is 0 Å².